The first kappa shape index (κ1) is 28.3. The zero-order chi connectivity index (χ0) is 30.1. The summed E-state index contributed by atoms with van der Waals surface area (Å²) in [4.78, 5) is 23.9. The quantitative estimate of drug-likeness (QED) is 0.209. The van der Waals surface area contributed by atoms with E-state index in [4.69, 9.17) is 15.6 Å². The van der Waals surface area contributed by atoms with E-state index in [9.17, 15) is 10.1 Å². The van der Waals surface area contributed by atoms with Gasteiger partial charge in [-0.1, -0.05) is 32.0 Å². The number of ether oxygens (including phenoxy) is 1. The Balaban J connectivity index is 1.29. The van der Waals surface area contributed by atoms with Gasteiger partial charge in [-0.25, -0.2) is 19.0 Å². The molecular formula is C32H33FN8O2. The zero-order valence-corrected chi connectivity index (χ0v) is 24.1. The molecule has 0 unspecified atom stereocenters. The first-order valence-corrected chi connectivity index (χ1v) is 14.5. The molecule has 4 aromatic rings. The van der Waals surface area contributed by atoms with Gasteiger partial charge in [0.2, 0.25) is 0 Å². The fourth-order valence-electron chi connectivity index (χ4n) is 5.83. The van der Waals surface area contributed by atoms with Crippen LogP contribution in [0, 0.1) is 17.1 Å². The fourth-order valence-corrected chi connectivity index (χ4v) is 5.83. The van der Waals surface area contributed by atoms with Crippen molar-refractivity contribution in [1.82, 2.24) is 30.0 Å². The van der Waals surface area contributed by atoms with Gasteiger partial charge in [0, 0.05) is 29.8 Å². The van der Waals surface area contributed by atoms with Crippen LogP contribution in [0.4, 0.5) is 10.2 Å². The number of fused-ring (bicyclic) bond motifs is 1. The molecule has 1 saturated carbocycles. The van der Waals surface area contributed by atoms with Crippen molar-refractivity contribution in [3.8, 4) is 28.8 Å². The number of amides is 1. The van der Waals surface area contributed by atoms with Gasteiger partial charge in [-0.3, -0.25) is 4.79 Å². The second kappa shape index (κ2) is 11.5. The zero-order valence-electron chi connectivity index (χ0n) is 24.1. The van der Waals surface area contributed by atoms with E-state index in [-0.39, 0.29) is 40.5 Å². The molecule has 2 fully saturated rings. The molecule has 6 rings (SSSR count). The lowest BCUT2D eigenvalue weighted by Crippen LogP contribution is -2.40. The second-order valence-corrected chi connectivity index (χ2v) is 11.5. The highest BCUT2D eigenvalue weighted by atomic mass is 19.1. The SMILES string of the molecule is CC(C)NC1(C=C(C#N)C(=O)N2CCC[C@H]2Cn2nc(-c3ccc(Oc4ccccc4)cc3F)c3c(N)ncnc32)CC1. The molecule has 3 N–H and O–H groups in total. The number of nitriles is 1. The molecule has 1 amide bonds. The summed E-state index contributed by atoms with van der Waals surface area (Å²) in [6.07, 6.45) is 6.46. The highest BCUT2D eigenvalue weighted by Crippen LogP contribution is 2.39. The van der Waals surface area contributed by atoms with Gasteiger partial charge in [-0.15, -0.1) is 0 Å². The van der Waals surface area contributed by atoms with Gasteiger partial charge < -0.3 is 20.7 Å². The van der Waals surface area contributed by atoms with Crippen LogP contribution in [0.3, 0.4) is 0 Å². The van der Waals surface area contributed by atoms with Gasteiger partial charge in [-0.2, -0.15) is 10.4 Å². The number of nitrogen functional groups attached to an aromatic ring is 1. The molecule has 1 atom stereocenters. The number of halogens is 1. The largest absolute Gasteiger partial charge is 0.457 e. The van der Waals surface area contributed by atoms with Crippen LogP contribution in [-0.2, 0) is 11.3 Å². The van der Waals surface area contributed by atoms with Crippen LogP contribution in [0.1, 0.15) is 39.5 Å². The number of nitrogens with two attached hydrogens (primary N) is 1. The second-order valence-electron chi connectivity index (χ2n) is 11.5. The van der Waals surface area contributed by atoms with Gasteiger partial charge in [-0.05, 0) is 56.0 Å². The highest BCUT2D eigenvalue weighted by molar-refractivity contribution is 5.99. The Morgan fingerprint density at radius 1 is 1.23 bits per heavy atom. The maximum atomic E-state index is 15.5. The van der Waals surface area contributed by atoms with Crippen molar-refractivity contribution in [1.29, 1.82) is 5.26 Å². The number of nitrogens with one attached hydrogen (secondary N) is 1. The van der Waals surface area contributed by atoms with Crippen LogP contribution in [0.2, 0.25) is 0 Å². The van der Waals surface area contributed by atoms with Crippen molar-refractivity contribution in [2.24, 2.45) is 0 Å². The van der Waals surface area contributed by atoms with Crippen molar-refractivity contribution in [3.63, 3.8) is 0 Å². The molecule has 1 saturated heterocycles. The number of para-hydroxylation sites is 1. The third-order valence-electron chi connectivity index (χ3n) is 7.89. The molecular weight excluding hydrogens is 547 g/mol. The maximum Gasteiger partial charge on any atom is 0.264 e. The van der Waals surface area contributed by atoms with Gasteiger partial charge in [0.15, 0.2) is 5.65 Å². The van der Waals surface area contributed by atoms with Crippen LogP contribution in [-0.4, -0.2) is 54.7 Å². The van der Waals surface area contributed by atoms with Gasteiger partial charge in [0.25, 0.3) is 5.91 Å². The van der Waals surface area contributed by atoms with Crippen LogP contribution >= 0.6 is 0 Å². The summed E-state index contributed by atoms with van der Waals surface area (Å²) in [5.41, 5.74) is 7.10. The average molecular weight is 581 g/mol. The summed E-state index contributed by atoms with van der Waals surface area (Å²) in [5, 5.41) is 18.6. The summed E-state index contributed by atoms with van der Waals surface area (Å²) >= 11 is 0. The van der Waals surface area contributed by atoms with E-state index >= 15 is 4.39 Å². The van der Waals surface area contributed by atoms with Crippen LogP contribution in [0.25, 0.3) is 22.3 Å². The Morgan fingerprint density at radius 2 is 2.02 bits per heavy atom. The molecule has 2 aliphatic rings. The Morgan fingerprint density at radius 3 is 2.72 bits per heavy atom. The van der Waals surface area contributed by atoms with E-state index in [2.05, 4.69) is 35.2 Å². The fraction of sp³-hybridized carbons (Fsp3) is 0.344. The summed E-state index contributed by atoms with van der Waals surface area (Å²) in [6, 6.07) is 15.9. The molecule has 0 bridgehead atoms. The van der Waals surface area contributed by atoms with E-state index < -0.39 is 5.82 Å². The van der Waals surface area contributed by atoms with Gasteiger partial charge in [0.05, 0.1) is 18.0 Å². The Labute approximate surface area is 249 Å². The molecule has 10 nitrogen and oxygen atoms in total. The number of benzene rings is 2. The summed E-state index contributed by atoms with van der Waals surface area (Å²) in [7, 11) is 0. The van der Waals surface area contributed by atoms with Crippen molar-refractivity contribution in [2.45, 2.75) is 63.7 Å². The number of nitrogens with zero attached hydrogens (tertiary/aromatic N) is 6. The number of aromatic nitrogens is 4. The molecule has 11 heteroatoms. The number of hydrogen-bond acceptors (Lipinski definition) is 8. The molecule has 0 spiro atoms. The summed E-state index contributed by atoms with van der Waals surface area (Å²) in [5.74, 6) is 0.298. The monoisotopic (exact) mass is 580 g/mol. The Bertz CT molecular complexity index is 1740. The minimum atomic E-state index is -0.534. The molecule has 0 radical (unpaired) electrons. The molecule has 43 heavy (non-hydrogen) atoms. The van der Waals surface area contributed by atoms with Crippen LogP contribution < -0.4 is 15.8 Å². The third-order valence-corrected chi connectivity index (χ3v) is 7.89. The molecule has 2 aromatic carbocycles. The predicted molar refractivity (Wildman–Crippen MR) is 160 cm³/mol. The van der Waals surface area contributed by atoms with E-state index in [1.165, 1.54) is 12.4 Å². The number of anilines is 1. The lowest BCUT2D eigenvalue weighted by Gasteiger charge is -2.25. The number of carbonyl (C=O) groups excluding carboxylic acids is 1. The summed E-state index contributed by atoms with van der Waals surface area (Å²) in [6.45, 7) is 4.95. The smallest absolute Gasteiger partial charge is 0.264 e. The number of hydrogen-bond donors (Lipinski definition) is 2. The lowest BCUT2D eigenvalue weighted by molar-refractivity contribution is -0.127. The molecule has 2 aromatic heterocycles. The molecule has 1 aliphatic heterocycles. The van der Waals surface area contributed by atoms with Crippen molar-refractivity contribution in [2.75, 3.05) is 12.3 Å². The molecule has 3 heterocycles. The Kier molecular flexibility index (Phi) is 7.54. The van der Waals surface area contributed by atoms with Crippen LogP contribution in [0.5, 0.6) is 11.5 Å². The topological polar surface area (TPSA) is 135 Å². The Hall–Kier alpha value is -4.82. The van der Waals surface area contributed by atoms with Crippen molar-refractivity contribution < 1.29 is 13.9 Å². The van der Waals surface area contributed by atoms with Crippen molar-refractivity contribution >= 4 is 22.8 Å². The number of carbonyl (C=O) groups is 1. The minimum Gasteiger partial charge on any atom is -0.457 e. The predicted octanol–water partition coefficient (Wildman–Crippen LogP) is 4.98. The summed E-state index contributed by atoms with van der Waals surface area (Å²) < 4.78 is 23.0. The van der Waals surface area contributed by atoms with E-state index in [1.54, 1.807) is 39.9 Å². The normalized spacial score (nSPS) is 17.8. The van der Waals surface area contributed by atoms with Crippen molar-refractivity contribution in [3.05, 3.63) is 72.3 Å². The average Bonchev–Trinajstić information content (AvgIpc) is 3.39. The standard InChI is InChI=1S/C32H33FN8O2/c1-20(2)38-32(12-13-32)16-21(17-34)31(42)40-14-6-7-22(40)18-41-30-27(29(35)36-19-37-30)28(39-41)25-11-10-24(15-26(25)33)43-23-8-4-3-5-9-23/h3-5,8-11,15-16,19-20,22,38H,6-7,12-14,18H2,1-2H3,(H2,35,36,37)/t22-/m0/s1. The van der Waals surface area contributed by atoms with Crippen LogP contribution in [0.15, 0.2) is 66.5 Å². The first-order valence-electron chi connectivity index (χ1n) is 14.5. The van der Waals surface area contributed by atoms with E-state index in [1.807, 2.05) is 18.2 Å². The highest BCUT2D eigenvalue weighted by Gasteiger charge is 2.42. The first-order chi connectivity index (χ1) is 20.8. The van der Waals surface area contributed by atoms with E-state index in [0.717, 1.165) is 25.7 Å². The van der Waals surface area contributed by atoms with Gasteiger partial charge in [0.1, 0.15) is 46.8 Å². The lowest BCUT2D eigenvalue weighted by atomic mass is 10.1. The van der Waals surface area contributed by atoms with E-state index in [0.29, 0.717) is 41.3 Å². The minimum absolute atomic E-state index is 0.148. The van der Waals surface area contributed by atoms with Gasteiger partial charge >= 0.3 is 0 Å². The number of rotatable bonds is 9. The third kappa shape index (κ3) is 5.79. The molecule has 1 aliphatic carbocycles. The maximum absolute atomic E-state index is 15.5. The number of likely N-dealkylation sites (tertiary alicyclic amines) is 1. The molecule has 220 valence electrons.